The molecule has 0 aromatic heterocycles. The molecule has 1 aromatic carbocycles. The highest BCUT2D eigenvalue weighted by Crippen LogP contribution is 2.31. The minimum absolute atomic E-state index is 0.0324. The van der Waals surface area contributed by atoms with E-state index >= 15 is 0 Å². The van der Waals surface area contributed by atoms with E-state index in [4.69, 9.17) is 11.6 Å². The first-order valence-electron chi connectivity index (χ1n) is 6.72. The van der Waals surface area contributed by atoms with Crippen LogP contribution in [0.4, 0.5) is 5.69 Å². The van der Waals surface area contributed by atoms with Crippen LogP contribution in [0.1, 0.15) is 26.3 Å². The number of halogens is 1. The number of amides is 2. The Bertz CT molecular complexity index is 557. The van der Waals surface area contributed by atoms with Crippen LogP contribution in [0.5, 0.6) is 0 Å². The van der Waals surface area contributed by atoms with E-state index in [0.717, 1.165) is 5.56 Å². The molecule has 0 saturated carbocycles. The Kier molecular flexibility index (Phi) is 4.04. The minimum Gasteiger partial charge on any atom is -0.342 e. The Balaban J connectivity index is 2.48. The highest BCUT2D eigenvalue weighted by molar-refractivity contribution is 6.34. The van der Waals surface area contributed by atoms with Gasteiger partial charge in [-0.3, -0.25) is 14.5 Å². The van der Waals surface area contributed by atoms with Crippen LogP contribution in [0.2, 0.25) is 5.02 Å². The summed E-state index contributed by atoms with van der Waals surface area (Å²) in [5.74, 6) is -0.231. The molecule has 4 nitrogen and oxygen atoms in total. The topological polar surface area (TPSA) is 49.4 Å². The number of piperazine rings is 1. The fraction of sp³-hybridized carbons (Fsp3) is 0.467. The molecule has 0 aliphatic carbocycles. The van der Waals surface area contributed by atoms with Crippen molar-refractivity contribution in [1.29, 1.82) is 0 Å². The van der Waals surface area contributed by atoms with Gasteiger partial charge in [-0.1, -0.05) is 31.5 Å². The lowest BCUT2D eigenvalue weighted by molar-refractivity contribution is -0.134. The van der Waals surface area contributed by atoms with Crippen molar-refractivity contribution in [2.45, 2.75) is 39.8 Å². The van der Waals surface area contributed by atoms with Gasteiger partial charge in [-0.15, -0.1) is 0 Å². The van der Waals surface area contributed by atoms with E-state index in [1.807, 2.05) is 32.9 Å². The highest BCUT2D eigenvalue weighted by atomic mass is 35.5. The van der Waals surface area contributed by atoms with Crippen molar-refractivity contribution >= 4 is 29.1 Å². The Labute approximate surface area is 124 Å². The zero-order valence-electron chi connectivity index (χ0n) is 12.1. The molecule has 1 fully saturated rings. The summed E-state index contributed by atoms with van der Waals surface area (Å²) in [7, 11) is 0. The maximum absolute atomic E-state index is 12.6. The van der Waals surface area contributed by atoms with Crippen LogP contribution < -0.4 is 10.2 Å². The summed E-state index contributed by atoms with van der Waals surface area (Å²) in [6, 6.07) is 4.41. The van der Waals surface area contributed by atoms with Gasteiger partial charge in [-0.05, 0) is 37.5 Å². The SMILES string of the molecule is Cc1ccc(Cl)c(N2C(=O)C(C(C)C)NC(=O)C2C)c1. The third-order valence-corrected chi connectivity index (χ3v) is 3.92. The number of hydrogen-bond acceptors (Lipinski definition) is 2. The molecule has 1 aliphatic rings. The Morgan fingerprint density at radius 1 is 1.30 bits per heavy atom. The van der Waals surface area contributed by atoms with Gasteiger partial charge in [-0.2, -0.15) is 0 Å². The molecule has 20 heavy (non-hydrogen) atoms. The van der Waals surface area contributed by atoms with E-state index in [0.29, 0.717) is 10.7 Å². The van der Waals surface area contributed by atoms with Crippen LogP contribution >= 0.6 is 11.6 Å². The maximum Gasteiger partial charge on any atom is 0.250 e. The summed E-state index contributed by atoms with van der Waals surface area (Å²) in [5.41, 5.74) is 1.60. The molecule has 2 amide bonds. The summed E-state index contributed by atoms with van der Waals surface area (Å²) in [5, 5.41) is 3.26. The molecule has 1 heterocycles. The van der Waals surface area contributed by atoms with Crippen LogP contribution in [0, 0.1) is 12.8 Å². The third-order valence-electron chi connectivity index (χ3n) is 3.60. The molecule has 0 spiro atoms. The summed E-state index contributed by atoms with van der Waals surface area (Å²) >= 11 is 6.21. The quantitative estimate of drug-likeness (QED) is 0.911. The number of nitrogens with one attached hydrogen (secondary N) is 1. The second-order valence-electron chi connectivity index (χ2n) is 5.57. The summed E-state index contributed by atoms with van der Waals surface area (Å²) in [6.07, 6.45) is 0. The smallest absolute Gasteiger partial charge is 0.250 e. The van der Waals surface area contributed by atoms with Crippen molar-refractivity contribution < 1.29 is 9.59 Å². The first-order chi connectivity index (χ1) is 9.32. The molecule has 0 bridgehead atoms. The summed E-state index contributed by atoms with van der Waals surface area (Å²) in [6.45, 7) is 7.46. The normalized spacial score (nSPS) is 23.2. The molecular formula is C15H19ClN2O2. The first kappa shape index (κ1) is 14.9. The van der Waals surface area contributed by atoms with Gasteiger partial charge >= 0.3 is 0 Å². The number of carbonyl (C=O) groups is 2. The number of benzene rings is 1. The van der Waals surface area contributed by atoms with Gasteiger partial charge in [0.1, 0.15) is 12.1 Å². The van der Waals surface area contributed by atoms with Crippen LogP contribution in [-0.4, -0.2) is 23.9 Å². The van der Waals surface area contributed by atoms with E-state index in [9.17, 15) is 9.59 Å². The molecule has 1 saturated heterocycles. The Hall–Kier alpha value is -1.55. The molecule has 2 atom stereocenters. The molecule has 0 radical (unpaired) electrons. The zero-order chi connectivity index (χ0) is 15.0. The average Bonchev–Trinajstić information content (AvgIpc) is 2.37. The number of carbonyl (C=O) groups excluding carboxylic acids is 2. The third kappa shape index (κ3) is 2.52. The van der Waals surface area contributed by atoms with Gasteiger partial charge in [0.15, 0.2) is 0 Å². The summed E-state index contributed by atoms with van der Waals surface area (Å²) < 4.78 is 0. The van der Waals surface area contributed by atoms with Crippen LogP contribution in [-0.2, 0) is 9.59 Å². The van der Waals surface area contributed by atoms with E-state index in [1.54, 1.807) is 13.0 Å². The molecule has 2 rings (SSSR count). The zero-order valence-corrected chi connectivity index (χ0v) is 12.9. The molecule has 1 N–H and O–H groups in total. The number of nitrogens with zero attached hydrogens (tertiary/aromatic N) is 1. The largest absolute Gasteiger partial charge is 0.342 e. The van der Waals surface area contributed by atoms with Crippen LogP contribution in [0.3, 0.4) is 0 Å². The van der Waals surface area contributed by atoms with Gasteiger partial charge in [0, 0.05) is 0 Å². The van der Waals surface area contributed by atoms with Crippen molar-refractivity contribution in [3.8, 4) is 0 Å². The lowest BCUT2D eigenvalue weighted by atomic mass is 9.97. The highest BCUT2D eigenvalue weighted by Gasteiger charge is 2.40. The van der Waals surface area contributed by atoms with Crippen molar-refractivity contribution in [3.05, 3.63) is 28.8 Å². The van der Waals surface area contributed by atoms with Crippen molar-refractivity contribution in [2.24, 2.45) is 5.92 Å². The first-order valence-corrected chi connectivity index (χ1v) is 7.10. The molecule has 2 unspecified atom stereocenters. The molecule has 1 aromatic rings. The van der Waals surface area contributed by atoms with Crippen molar-refractivity contribution in [1.82, 2.24) is 5.32 Å². The standard InChI is InChI=1S/C15H19ClN2O2/c1-8(2)13-15(20)18(10(4)14(19)17-13)12-7-9(3)5-6-11(12)16/h5-8,10,13H,1-4H3,(H,17,19). The predicted octanol–water partition coefficient (Wildman–Crippen LogP) is 2.52. The summed E-state index contributed by atoms with van der Waals surface area (Å²) in [4.78, 5) is 26.2. The van der Waals surface area contributed by atoms with Gasteiger partial charge in [0.25, 0.3) is 5.91 Å². The Morgan fingerprint density at radius 3 is 2.55 bits per heavy atom. The number of rotatable bonds is 2. The lowest BCUT2D eigenvalue weighted by Gasteiger charge is -2.39. The molecule has 5 heteroatoms. The van der Waals surface area contributed by atoms with Gasteiger partial charge in [0.05, 0.1) is 10.7 Å². The van der Waals surface area contributed by atoms with Gasteiger partial charge in [0.2, 0.25) is 5.91 Å². The monoisotopic (exact) mass is 294 g/mol. The van der Waals surface area contributed by atoms with E-state index < -0.39 is 12.1 Å². The van der Waals surface area contributed by atoms with Crippen molar-refractivity contribution in [2.75, 3.05) is 4.90 Å². The number of hydrogen-bond donors (Lipinski definition) is 1. The number of anilines is 1. The van der Waals surface area contributed by atoms with E-state index in [1.165, 1.54) is 4.90 Å². The lowest BCUT2D eigenvalue weighted by Crippen LogP contribution is -2.64. The van der Waals surface area contributed by atoms with E-state index in [-0.39, 0.29) is 17.7 Å². The van der Waals surface area contributed by atoms with Crippen molar-refractivity contribution in [3.63, 3.8) is 0 Å². The van der Waals surface area contributed by atoms with Gasteiger partial charge < -0.3 is 5.32 Å². The fourth-order valence-corrected chi connectivity index (χ4v) is 2.59. The predicted molar refractivity (Wildman–Crippen MR) is 79.9 cm³/mol. The Morgan fingerprint density at radius 2 is 1.95 bits per heavy atom. The molecule has 108 valence electrons. The fourth-order valence-electron chi connectivity index (χ4n) is 2.38. The average molecular weight is 295 g/mol. The molecular weight excluding hydrogens is 276 g/mol. The van der Waals surface area contributed by atoms with Crippen LogP contribution in [0.15, 0.2) is 18.2 Å². The minimum atomic E-state index is -0.559. The van der Waals surface area contributed by atoms with Crippen LogP contribution in [0.25, 0.3) is 0 Å². The second-order valence-corrected chi connectivity index (χ2v) is 5.98. The van der Waals surface area contributed by atoms with E-state index in [2.05, 4.69) is 5.32 Å². The number of aryl methyl sites for hydroxylation is 1. The second kappa shape index (κ2) is 5.44. The molecule has 1 aliphatic heterocycles. The van der Waals surface area contributed by atoms with Gasteiger partial charge in [-0.25, -0.2) is 0 Å². The maximum atomic E-state index is 12.6.